The number of carbonyl (C=O) groups is 1. The number of hydrogen-bond donors (Lipinski definition) is 4. The number of anilines is 1. The largest absolute Gasteiger partial charge is 0.433 e. The van der Waals surface area contributed by atoms with E-state index in [4.69, 9.17) is 4.79 Å². The Morgan fingerprint density at radius 1 is 1.32 bits per heavy atom. The average molecular weight is 436 g/mol. The molecule has 2 aromatic heterocycles. The maximum absolute atomic E-state index is 12.5. The van der Waals surface area contributed by atoms with Crippen molar-refractivity contribution in [3.63, 3.8) is 0 Å². The molecule has 10 heteroatoms. The summed E-state index contributed by atoms with van der Waals surface area (Å²) in [7, 11) is 1.63. The molecular formula is C18H24F3N3O2S2. The van der Waals surface area contributed by atoms with Gasteiger partial charge in [-0.3, -0.25) is 4.79 Å². The monoisotopic (exact) mass is 435 g/mol. The molecule has 28 heavy (non-hydrogen) atoms. The summed E-state index contributed by atoms with van der Waals surface area (Å²) < 4.78 is 38.4. The quantitative estimate of drug-likeness (QED) is 0.424. The van der Waals surface area contributed by atoms with Crippen molar-refractivity contribution in [2.24, 2.45) is 5.73 Å². The number of thiol groups is 1. The highest BCUT2D eigenvalue weighted by Crippen LogP contribution is 2.34. The van der Waals surface area contributed by atoms with Crippen molar-refractivity contribution >= 4 is 36.1 Å². The molecule has 4 N–H and O–H groups in total. The Kier molecular flexibility index (Phi) is 8.77. The van der Waals surface area contributed by atoms with Gasteiger partial charge in [-0.2, -0.15) is 13.2 Å². The number of carbonyl (C=O) groups excluding carboxylic acids is 1. The first-order valence-corrected chi connectivity index (χ1v) is 9.70. The second kappa shape index (κ2) is 10.1. The van der Waals surface area contributed by atoms with Crippen LogP contribution in [-0.4, -0.2) is 23.5 Å². The number of aliphatic hydroxyl groups is 1. The number of halogens is 3. The van der Waals surface area contributed by atoms with Crippen molar-refractivity contribution < 1.29 is 23.1 Å². The summed E-state index contributed by atoms with van der Waals surface area (Å²) >= 11 is 5.68. The molecule has 0 saturated carbocycles. The summed E-state index contributed by atoms with van der Waals surface area (Å²) in [5.41, 5.74) is 5.66. The molecule has 156 valence electrons. The van der Waals surface area contributed by atoms with E-state index in [0.29, 0.717) is 17.8 Å². The van der Waals surface area contributed by atoms with E-state index < -0.39 is 17.5 Å². The Bertz CT molecular complexity index is 787. The molecule has 0 atom stereocenters. The highest BCUT2D eigenvalue weighted by molar-refractivity contribution is 7.82. The number of nitrogens with zero attached hydrogens (tertiary/aromatic N) is 1. The van der Waals surface area contributed by atoms with Gasteiger partial charge in [0.25, 0.3) is 0 Å². The number of aromatic nitrogens is 1. The standard InChI is InChI=1S/C10H11F3N2.C7H10OS2.CH3NO/c1-14-8-5-9(10(11,12)13)15-7-4-2-3-6(7)8;1-7(2,8)5-3-6(9)10-4-5;2-1-3/h5H,2-4H2,1H3,(H,14,15);3-4,8-9H,1-2H3;1H,(H2,2,3). The third-order valence-corrected chi connectivity index (χ3v) is 5.08. The molecule has 0 bridgehead atoms. The predicted octanol–water partition coefficient (Wildman–Crippen LogP) is 4.00. The lowest BCUT2D eigenvalue weighted by atomic mass is 10.0. The first-order valence-electron chi connectivity index (χ1n) is 8.37. The van der Waals surface area contributed by atoms with Crippen LogP contribution in [0.25, 0.3) is 0 Å². The van der Waals surface area contributed by atoms with Crippen LogP contribution in [0.1, 0.15) is 42.8 Å². The summed E-state index contributed by atoms with van der Waals surface area (Å²) in [6, 6.07) is 2.97. The lowest BCUT2D eigenvalue weighted by Gasteiger charge is -2.14. The van der Waals surface area contributed by atoms with E-state index >= 15 is 0 Å². The molecule has 0 spiro atoms. The van der Waals surface area contributed by atoms with Gasteiger partial charge in [-0.25, -0.2) is 4.98 Å². The number of fused-ring (bicyclic) bond motifs is 1. The molecule has 0 aromatic carbocycles. The second-order valence-electron chi connectivity index (χ2n) is 6.45. The fourth-order valence-electron chi connectivity index (χ4n) is 2.56. The third-order valence-electron chi connectivity index (χ3n) is 3.90. The zero-order chi connectivity index (χ0) is 21.5. The number of amides is 1. The van der Waals surface area contributed by atoms with Gasteiger partial charge in [-0.1, -0.05) is 0 Å². The van der Waals surface area contributed by atoms with Crippen molar-refractivity contribution in [3.8, 4) is 0 Å². The molecule has 2 aromatic rings. The van der Waals surface area contributed by atoms with Gasteiger partial charge < -0.3 is 16.2 Å². The number of rotatable bonds is 2. The van der Waals surface area contributed by atoms with Gasteiger partial charge in [0.2, 0.25) is 6.41 Å². The van der Waals surface area contributed by atoms with Gasteiger partial charge >= 0.3 is 6.18 Å². The number of nitrogens with one attached hydrogen (secondary N) is 1. The molecule has 1 amide bonds. The predicted molar refractivity (Wildman–Crippen MR) is 108 cm³/mol. The Balaban J connectivity index is 0.000000261. The van der Waals surface area contributed by atoms with Crippen LogP contribution >= 0.6 is 24.0 Å². The van der Waals surface area contributed by atoms with E-state index in [1.165, 1.54) is 11.3 Å². The molecule has 3 rings (SSSR count). The molecular weight excluding hydrogens is 411 g/mol. The number of pyridine rings is 1. The maximum Gasteiger partial charge on any atom is 0.433 e. The number of hydrogen-bond acceptors (Lipinski definition) is 6. The van der Waals surface area contributed by atoms with Gasteiger partial charge in [-0.05, 0) is 61.7 Å². The third kappa shape index (κ3) is 6.99. The van der Waals surface area contributed by atoms with Crippen LogP contribution in [0.4, 0.5) is 18.9 Å². The summed E-state index contributed by atoms with van der Waals surface area (Å²) in [6.07, 6.45) is -1.76. The average Bonchev–Trinajstić information content (AvgIpc) is 3.22. The number of alkyl halides is 3. The summed E-state index contributed by atoms with van der Waals surface area (Å²) in [4.78, 5) is 12.3. The zero-order valence-corrected chi connectivity index (χ0v) is 17.5. The maximum atomic E-state index is 12.5. The Morgan fingerprint density at radius 2 is 1.93 bits per heavy atom. The van der Waals surface area contributed by atoms with Gasteiger partial charge in [0.05, 0.1) is 9.81 Å². The fourth-order valence-corrected chi connectivity index (χ4v) is 3.65. The van der Waals surface area contributed by atoms with E-state index in [-0.39, 0.29) is 6.41 Å². The van der Waals surface area contributed by atoms with Gasteiger partial charge in [-0.15, -0.1) is 24.0 Å². The summed E-state index contributed by atoms with van der Waals surface area (Å²) in [5.74, 6) is 0. The van der Waals surface area contributed by atoms with Crippen molar-refractivity contribution in [3.05, 3.63) is 40.0 Å². The Labute approximate surface area is 171 Å². The SMILES string of the molecule is CC(C)(O)c1csc(S)c1.CNc1cc(C(F)(F)F)nc2c1CCC2.NC=O. The lowest BCUT2D eigenvalue weighted by Crippen LogP contribution is -2.13. The van der Waals surface area contributed by atoms with E-state index in [1.807, 2.05) is 11.4 Å². The molecule has 5 nitrogen and oxygen atoms in total. The molecule has 0 saturated heterocycles. The van der Waals surface area contributed by atoms with E-state index in [0.717, 1.165) is 34.2 Å². The van der Waals surface area contributed by atoms with Gasteiger partial charge in [0.15, 0.2) is 0 Å². The Hall–Kier alpha value is -1.78. The van der Waals surface area contributed by atoms with E-state index in [1.54, 1.807) is 20.9 Å². The summed E-state index contributed by atoms with van der Waals surface area (Å²) in [5, 5.41) is 14.2. The summed E-state index contributed by atoms with van der Waals surface area (Å²) in [6.45, 7) is 3.53. The molecule has 1 aliphatic carbocycles. The van der Waals surface area contributed by atoms with Crippen LogP contribution in [0, 0.1) is 0 Å². The molecule has 1 aliphatic rings. The molecule has 0 fully saturated rings. The van der Waals surface area contributed by atoms with Crippen LogP contribution < -0.4 is 11.1 Å². The molecule has 0 radical (unpaired) electrons. The van der Waals surface area contributed by atoms with E-state index in [9.17, 15) is 18.3 Å². The van der Waals surface area contributed by atoms with Gasteiger partial charge in [0.1, 0.15) is 5.69 Å². The van der Waals surface area contributed by atoms with E-state index in [2.05, 4.69) is 28.7 Å². The second-order valence-corrected chi connectivity index (χ2v) is 8.15. The first-order chi connectivity index (χ1) is 12.9. The van der Waals surface area contributed by atoms with Crippen LogP contribution in [-0.2, 0) is 29.4 Å². The topological polar surface area (TPSA) is 88.2 Å². The smallest absolute Gasteiger partial charge is 0.388 e. The zero-order valence-electron chi connectivity index (χ0n) is 15.8. The molecule has 0 unspecified atom stereocenters. The number of nitrogens with two attached hydrogens (primary N) is 1. The fraction of sp³-hybridized carbons (Fsp3) is 0.444. The number of primary amides is 1. The number of aryl methyl sites for hydroxylation is 1. The van der Waals surface area contributed by atoms with Crippen molar-refractivity contribution in [1.29, 1.82) is 0 Å². The minimum Gasteiger partial charge on any atom is -0.388 e. The normalized spacial score (nSPS) is 12.9. The minimum absolute atomic E-state index is 0.250. The van der Waals surface area contributed by atoms with Gasteiger partial charge in [0, 0.05) is 18.4 Å². The van der Waals surface area contributed by atoms with Crippen molar-refractivity contribution in [1.82, 2.24) is 4.98 Å². The molecule has 0 aliphatic heterocycles. The minimum atomic E-state index is -4.36. The lowest BCUT2D eigenvalue weighted by molar-refractivity contribution is -0.141. The van der Waals surface area contributed by atoms with Crippen LogP contribution in [0.2, 0.25) is 0 Å². The molecule has 2 heterocycles. The number of thiophene rings is 1. The highest BCUT2D eigenvalue weighted by atomic mass is 32.2. The van der Waals surface area contributed by atoms with Crippen molar-refractivity contribution in [2.75, 3.05) is 12.4 Å². The van der Waals surface area contributed by atoms with Crippen LogP contribution in [0.3, 0.4) is 0 Å². The van der Waals surface area contributed by atoms with Crippen LogP contribution in [0.15, 0.2) is 21.7 Å². The highest BCUT2D eigenvalue weighted by Gasteiger charge is 2.34. The Morgan fingerprint density at radius 3 is 2.32 bits per heavy atom. The van der Waals surface area contributed by atoms with Crippen LogP contribution in [0.5, 0.6) is 0 Å². The van der Waals surface area contributed by atoms with Crippen molar-refractivity contribution in [2.45, 2.75) is 49.1 Å². The first kappa shape index (κ1) is 24.3.